The number of halogens is 1. The van der Waals surface area contributed by atoms with Crippen LogP contribution in [0.15, 0.2) is 22.0 Å². The van der Waals surface area contributed by atoms with Gasteiger partial charge in [0.05, 0.1) is 3.79 Å². The van der Waals surface area contributed by atoms with E-state index in [-0.39, 0.29) is 0 Å². The van der Waals surface area contributed by atoms with Crippen molar-refractivity contribution in [1.29, 1.82) is 0 Å². The molecule has 0 aliphatic carbocycles. The van der Waals surface area contributed by atoms with Crippen molar-refractivity contribution in [2.75, 3.05) is 20.1 Å². The molecule has 0 radical (unpaired) electrons. The number of likely N-dealkylation sites (tertiary alicyclic amines) is 1. The number of hydrogen-bond acceptors (Lipinski definition) is 3. The molecule has 0 N–H and O–H groups in total. The van der Waals surface area contributed by atoms with E-state index in [1.54, 1.807) is 11.3 Å². The summed E-state index contributed by atoms with van der Waals surface area (Å²) in [7, 11) is 2.21. The molecule has 2 heterocycles. The molecule has 0 spiro atoms. The van der Waals surface area contributed by atoms with Gasteiger partial charge in [0.2, 0.25) is 0 Å². The van der Waals surface area contributed by atoms with Gasteiger partial charge < -0.3 is 9.64 Å². The van der Waals surface area contributed by atoms with Crippen LogP contribution in [0.4, 0.5) is 0 Å². The number of benzene rings is 1. The van der Waals surface area contributed by atoms with Gasteiger partial charge in [0.25, 0.3) is 0 Å². The van der Waals surface area contributed by atoms with Gasteiger partial charge in [0, 0.05) is 10.4 Å². The summed E-state index contributed by atoms with van der Waals surface area (Å²) in [4.78, 5) is 3.78. The number of piperidine rings is 1. The summed E-state index contributed by atoms with van der Waals surface area (Å²) in [6, 6.07) is 6.75. The predicted molar refractivity (Wildman–Crippen MR) is 106 cm³/mol. The molecule has 130 valence electrons. The molecule has 0 unspecified atom stereocenters. The fraction of sp³-hybridized carbons (Fsp3) is 0.500. The van der Waals surface area contributed by atoms with Crippen LogP contribution in [0.3, 0.4) is 0 Å². The number of ether oxygens (including phenoxy) is 1. The zero-order chi connectivity index (χ0) is 17.3. The summed E-state index contributed by atoms with van der Waals surface area (Å²) in [5.41, 5.74) is 5.33. The largest absolute Gasteiger partial charge is 0.489 e. The summed E-state index contributed by atoms with van der Waals surface area (Å²) in [5.74, 6) is 1.70. The third-order valence-corrected chi connectivity index (χ3v) is 7.22. The van der Waals surface area contributed by atoms with Crippen LogP contribution >= 0.6 is 27.3 Å². The minimum absolute atomic E-state index is 0.630. The zero-order valence-electron chi connectivity index (χ0n) is 15.0. The van der Waals surface area contributed by atoms with Gasteiger partial charge in [-0.05, 0) is 98.4 Å². The lowest BCUT2D eigenvalue weighted by Crippen LogP contribution is -2.29. The molecule has 0 bridgehead atoms. The maximum atomic E-state index is 6.13. The summed E-state index contributed by atoms with van der Waals surface area (Å²) in [6.07, 6.45) is 2.52. The van der Waals surface area contributed by atoms with Crippen LogP contribution in [0.5, 0.6) is 5.75 Å². The monoisotopic (exact) mass is 407 g/mol. The van der Waals surface area contributed by atoms with Crippen molar-refractivity contribution in [3.8, 4) is 5.75 Å². The van der Waals surface area contributed by atoms with Gasteiger partial charge in [0.1, 0.15) is 12.4 Å². The van der Waals surface area contributed by atoms with E-state index < -0.39 is 0 Å². The van der Waals surface area contributed by atoms with E-state index in [4.69, 9.17) is 4.74 Å². The van der Waals surface area contributed by atoms with E-state index in [0.717, 1.165) is 5.75 Å². The molecule has 1 aliphatic rings. The van der Waals surface area contributed by atoms with Gasteiger partial charge in [-0.25, -0.2) is 0 Å². The number of nitrogens with zero attached hydrogens (tertiary/aromatic N) is 1. The summed E-state index contributed by atoms with van der Waals surface area (Å²) < 4.78 is 7.32. The molecule has 1 fully saturated rings. The molecule has 1 aromatic carbocycles. The minimum atomic E-state index is 0.630. The van der Waals surface area contributed by atoms with E-state index in [1.807, 2.05) is 0 Å². The second-order valence-corrected chi connectivity index (χ2v) is 9.47. The van der Waals surface area contributed by atoms with Crippen molar-refractivity contribution in [3.63, 3.8) is 0 Å². The first-order valence-corrected chi connectivity index (χ1v) is 10.2. The highest BCUT2D eigenvalue weighted by molar-refractivity contribution is 9.11. The molecule has 24 heavy (non-hydrogen) atoms. The van der Waals surface area contributed by atoms with Crippen molar-refractivity contribution >= 4 is 27.3 Å². The highest BCUT2D eigenvalue weighted by Crippen LogP contribution is 2.34. The molecule has 1 saturated heterocycles. The molecular weight excluding hydrogens is 382 g/mol. The molecule has 0 atom stereocenters. The van der Waals surface area contributed by atoms with Crippen LogP contribution in [0, 0.1) is 20.8 Å². The van der Waals surface area contributed by atoms with Gasteiger partial charge in [0.15, 0.2) is 0 Å². The van der Waals surface area contributed by atoms with Gasteiger partial charge in [-0.3, -0.25) is 0 Å². The van der Waals surface area contributed by atoms with Crippen LogP contribution < -0.4 is 4.74 Å². The minimum Gasteiger partial charge on any atom is -0.489 e. The van der Waals surface area contributed by atoms with Crippen LogP contribution in [-0.2, 0) is 6.61 Å². The predicted octanol–water partition coefficient (Wildman–Crippen LogP) is 5.82. The Morgan fingerprint density at radius 2 is 1.92 bits per heavy atom. The van der Waals surface area contributed by atoms with Gasteiger partial charge in [-0.1, -0.05) is 12.1 Å². The Morgan fingerprint density at radius 1 is 1.21 bits per heavy atom. The zero-order valence-corrected chi connectivity index (χ0v) is 17.4. The smallest absolute Gasteiger partial charge is 0.122 e. The second-order valence-electron chi connectivity index (χ2n) is 6.93. The van der Waals surface area contributed by atoms with Crippen molar-refractivity contribution in [2.45, 2.75) is 46.1 Å². The number of rotatable bonds is 4. The van der Waals surface area contributed by atoms with Crippen LogP contribution in [-0.4, -0.2) is 25.0 Å². The van der Waals surface area contributed by atoms with Crippen molar-refractivity contribution in [1.82, 2.24) is 4.90 Å². The van der Waals surface area contributed by atoms with Crippen molar-refractivity contribution < 1.29 is 4.74 Å². The van der Waals surface area contributed by atoms with E-state index >= 15 is 0 Å². The lowest BCUT2D eigenvalue weighted by molar-refractivity contribution is 0.255. The van der Waals surface area contributed by atoms with E-state index in [1.165, 1.54) is 56.8 Å². The normalized spacial score (nSPS) is 16.5. The quantitative estimate of drug-likeness (QED) is 0.632. The topological polar surface area (TPSA) is 12.5 Å². The fourth-order valence-electron chi connectivity index (χ4n) is 3.38. The average molecular weight is 408 g/mol. The Bertz CT molecular complexity index is 717. The SMILES string of the molecule is Cc1cc(C2CCN(C)CC2)ccc1OCc1c(Br)sc(C)c1C. The van der Waals surface area contributed by atoms with Gasteiger partial charge in [-0.15, -0.1) is 11.3 Å². The Kier molecular flexibility index (Phi) is 5.68. The van der Waals surface area contributed by atoms with Gasteiger partial charge in [-0.2, -0.15) is 0 Å². The highest BCUT2D eigenvalue weighted by atomic mass is 79.9. The number of aryl methyl sites for hydroxylation is 2. The van der Waals surface area contributed by atoms with E-state index in [2.05, 4.69) is 66.8 Å². The average Bonchev–Trinajstić information content (AvgIpc) is 2.80. The molecule has 2 nitrogen and oxygen atoms in total. The molecule has 0 amide bonds. The molecule has 3 rings (SSSR count). The van der Waals surface area contributed by atoms with E-state index in [9.17, 15) is 0 Å². The maximum Gasteiger partial charge on any atom is 0.122 e. The number of hydrogen-bond donors (Lipinski definition) is 0. The molecular formula is C20H26BrNOS. The Labute approximate surface area is 158 Å². The molecule has 1 aromatic heterocycles. The second kappa shape index (κ2) is 7.59. The first-order chi connectivity index (χ1) is 11.5. The first kappa shape index (κ1) is 18.0. The van der Waals surface area contributed by atoms with Crippen LogP contribution in [0.1, 0.15) is 45.9 Å². The number of thiophene rings is 1. The lowest BCUT2D eigenvalue weighted by Gasteiger charge is -2.29. The lowest BCUT2D eigenvalue weighted by atomic mass is 9.89. The van der Waals surface area contributed by atoms with Crippen molar-refractivity contribution in [3.05, 3.63) is 49.1 Å². The highest BCUT2D eigenvalue weighted by Gasteiger charge is 2.19. The molecule has 0 saturated carbocycles. The Hall–Kier alpha value is -0.840. The van der Waals surface area contributed by atoms with Crippen molar-refractivity contribution in [2.24, 2.45) is 0 Å². The Balaban J connectivity index is 1.69. The van der Waals surface area contributed by atoms with Gasteiger partial charge >= 0.3 is 0 Å². The molecule has 2 aromatic rings. The van der Waals surface area contributed by atoms with Crippen LogP contribution in [0.2, 0.25) is 0 Å². The maximum absolute atomic E-state index is 6.13. The summed E-state index contributed by atoms with van der Waals surface area (Å²) in [6.45, 7) is 9.53. The summed E-state index contributed by atoms with van der Waals surface area (Å²) >= 11 is 5.45. The fourth-order valence-corrected chi connectivity index (χ4v) is 5.40. The molecule has 1 aliphatic heterocycles. The molecule has 4 heteroatoms. The van der Waals surface area contributed by atoms with Crippen LogP contribution in [0.25, 0.3) is 0 Å². The van der Waals surface area contributed by atoms with E-state index in [0.29, 0.717) is 12.5 Å². The standard InChI is InChI=1S/C20H26BrNOS/c1-13-11-17(16-7-9-22(4)10-8-16)5-6-19(13)23-12-18-14(2)15(3)24-20(18)21/h5-6,11,16H,7-10,12H2,1-4H3. The summed E-state index contributed by atoms with van der Waals surface area (Å²) in [5, 5.41) is 0. The first-order valence-electron chi connectivity index (χ1n) is 8.62. The third kappa shape index (κ3) is 3.87. The third-order valence-electron chi connectivity index (χ3n) is 5.22. The Morgan fingerprint density at radius 3 is 2.50 bits per heavy atom.